The van der Waals surface area contributed by atoms with E-state index in [-0.39, 0.29) is 43.1 Å². The van der Waals surface area contributed by atoms with E-state index >= 15 is 0 Å². The van der Waals surface area contributed by atoms with E-state index < -0.39 is 65.9 Å². The fourth-order valence-corrected chi connectivity index (χ4v) is 5.51. The summed E-state index contributed by atoms with van der Waals surface area (Å²) in [4.78, 5) is 78.4. The van der Waals surface area contributed by atoms with Crippen LogP contribution in [-0.4, -0.2) is 84.2 Å². The van der Waals surface area contributed by atoms with Gasteiger partial charge in [-0.1, -0.05) is 78.8 Å². The highest BCUT2D eigenvalue weighted by atomic mass is 16.5. The predicted octanol–water partition coefficient (Wildman–Crippen LogP) is 1.90. The second kappa shape index (κ2) is 21.1. The summed E-state index contributed by atoms with van der Waals surface area (Å²) in [5.41, 5.74) is 0.924. The molecule has 0 aliphatic carbocycles. The molecule has 14 heteroatoms. The Balaban J connectivity index is 2.15. The number of ether oxygens (including phenoxy) is 1. The van der Waals surface area contributed by atoms with Crippen LogP contribution < -0.4 is 31.9 Å². The molecular weight excluding hydrogens is 644 g/mol. The van der Waals surface area contributed by atoms with E-state index in [1.807, 2.05) is 58.0 Å². The lowest BCUT2D eigenvalue weighted by Gasteiger charge is -2.30. The Hall–Kier alpha value is -4.20. The molecule has 0 unspecified atom stereocenters. The summed E-state index contributed by atoms with van der Waals surface area (Å²) < 4.78 is 5.15. The van der Waals surface area contributed by atoms with E-state index in [9.17, 15) is 33.9 Å². The quantitative estimate of drug-likeness (QED) is 0.152. The number of amides is 6. The standard InChI is InChI=1S/C36H58N6O8/c1-21(2)17-26(28(43)18-24(7)32(45)41-30(22(3)4)34(47)38-20-25-13-9-8-10-14-25)39-33(46)27-19-29(44)37-15-11-12-16-50-36(49)42-31(23(5)6)35(48)40-27/h8-10,13-14,21-24,26-28,30-31,43H,11-12,15-20H2,1-7H3,(H,37,44)(H,38,47)(H,39,46)(H,40,48)(H,41,45)(H,42,49)/t24-,26+,27+,28+,30+,31+/m1/s1. The van der Waals surface area contributed by atoms with Crippen LogP contribution in [0.2, 0.25) is 0 Å². The van der Waals surface area contributed by atoms with Crippen molar-refractivity contribution in [3.05, 3.63) is 35.9 Å². The summed E-state index contributed by atoms with van der Waals surface area (Å²) in [5.74, 6) is -3.82. The number of carbonyl (C=O) groups excluding carboxylic acids is 6. The number of hydrogen-bond acceptors (Lipinski definition) is 8. The molecule has 6 atom stereocenters. The Labute approximate surface area is 296 Å². The van der Waals surface area contributed by atoms with Gasteiger partial charge in [0.15, 0.2) is 0 Å². The van der Waals surface area contributed by atoms with Crippen LogP contribution in [0, 0.1) is 23.7 Å². The predicted molar refractivity (Wildman–Crippen MR) is 188 cm³/mol. The Morgan fingerprint density at radius 1 is 0.900 bits per heavy atom. The average Bonchev–Trinajstić information content (AvgIpc) is 3.05. The number of alkyl carbamates (subject to hydrolysis) is 1. The van der Waals surface area contributed by atoms with E-state index in [2.05, 4.69) is 31.9 Å². The Bertz CT molecular complexity index is 1270. The maximum atomic E-state index is 13.7. The van der Waals surface area contributed by atoms with Gasteiger partial charge in [-0.2, -0.15) is 0 Å². The van der Waals surface area contributed by atoms with Gasteiger partial charge in [-0.15, -0.1) is 0 Å². The first kappa shape index (κ1) is 42.0. The SMILES string of the molecule is CC(C)C[C@H](NC(=O)[C@@H]1CC(=O)NCCCCOC(=O)N[C@@H](C(C)C)C(=O)N1)[C@@H](O)C[C@@H](C)C(=O)N[C@H](C(=O)NCc1ccccc1)C(C)C. The lowest BCUT2D eigenvalue weighted by Crippen LogP contribution is -2.58. The highest BCUT2D eigenvalue weighted by Gasteiger charge is 2.34. The molecule has 2 rings (SSSR count). The Morgan fingerprint density at radius 3 is 2.20 bits per heavy atom. The van der Waals surface area contributed by atoms with Crippen molar-refractivity contribution in [3.8, 4) is 0 Å². The smallest absolute Gasteiger partial charge is 0.407 e. The van der Waals surface area contributed by atoms with Crippen LogP contribution in [0.5, 0.6) is 0 Å². The van der Waals surface area contributed by atoms with Crippen molar-refractivity contribution in [1.82, 2.24) is 31.9 Å². The summed E-state index contributed by atoms with van der Waals surface area (Å²) in [6.45, 7) is 13.3. The third-order valence-electron chi connectivity index (χ3n) is 8.49. The van der Waals surface area contributed by atoms with Crippen LogP contribution in [0.25, 0.3) is 0 Å². The van der Waals surface area contributed by atoms with Gasteiger partial charge in [0.25, 0.3) is 0 Å². The Morgan fingerprint density at radius 2 is 1.58 bits per heavy atom. The fraction of sp³-hybridized carbons (Fsp3) is 0.667. The molecule has 1 heterocycles. The zero-order valence-corrected chi connectivity index (χ0v) is 30.5. The number of aliphatic hydroxyl groups is 1. The van der Waals surface area contributed by atoms with Gasteiger partial charge >= 0.3 is 6.09 Å². The molecule has 0 bridgehead atoms. The number of hydrogen-bond donors (Lipinski definition) is 7. The molecule has 1 saturated heterocycles. The number of nitrogens with one attached hydrogen (secondary N) is 6. The lowest BCUT2D eigenvalue weighted by molar-refractivity contribution is -0.134. The summed E-state index contributed by atoms with van der Waals surface area (Å²) in [5, 5.41) is 27.7. The number of rotatable bonds is 14. The lowest BCUT2D eigenvalue weighted by atomic mass is 9.91. The number of cyclic esters (lactones) is 1. The van der Waals surface area contributed by atoms with Gasteiger partial charge in [-0.05, 0) is 49.0 Å². The average molecular weight is 703 g/mol. The third-order valence-corrected chi connectivity index (χ3v) is 8.49. The molecule has 1 aliphatic rings. The van der Waals surface area contributed by atoms with Crippen LogP contribution in [-0.2, 0) is 35.3 Å². The van der Waals surface area contributed by atoms with Crippen molar-refractivity contribution < 1.29 is 38.6 Å². The second-order valence-electron chi connectivity index (χ2n) is 14.2. The summed E-state index contributed by atoms with van der Waals surface area (Å²) in [6.07, 6.45) is -0.937. The molecule has 1 aliphatic heterocycles. The molecule has 0 spiro atoms. The number of carbonyl (C=O) groups is 6. The van der Waals surface area contributed by atoms with Crippen molar-refractivity contribution >= 4 is 35.6 Å². The first-order chi connectivity index (χ1) is 23.6. The Kier molecular flexibility index (Phi) is 17.7. The fourth-order valence-electron chi connectivity index (χ4n) is 5.51. The monoisotopic (exact) mass is 702 g/mol. The topological polar surface area (TPSA) is 204 Å². The van der Waals surface area contributed by atoms with E-state index in [1.165, 1.54) is 0 Å². The van der Waals surface area contributed by atoms with Gasteiger partial charge < -0.3 is 41.7 Å². The molecule has 14 nitrogen and oxygen atoms in total. The van der Waals surface area contributed by atoms with Gasteiger partial charge in [0.1, 0.15) is 18.1 Å². The van der Waals surface area contributed by atoms with Crippen molar-refractivity contribution in [2.75, 3.05) is 13.2 Å². The normalized spacial score (nSPS) is 20.3. The summed E-state index contributed by atoms with van der Waals surface area (Å²) in [6, 6.07) is 5.45. The highest BCUT2D eigenvalue weighted by Crippen LogP contribution is 2.17. The summed E-state index contributed by atoms with van der Waals surface area (Å²) >= 11 is 0. The van der Waals surface area contributed by atoms with Gasteiger partial charge in [0, 0.05) is 19.0 Å². The van der Waals surface area contributed by atoms with Crippen molar-refractivity contribution in [2.24, 2.45) is 23.7 Å². The van der Waals surface area contributed by atoms with Gasteiger partial charge in [0.05, 0.1) is 25.2 Å². The van der Waals surface area contributed by atoms with Crippen LogP contribution in [0.4, 0.5) is 4.79 Å². The van der Waals surface area contributed by atoms with E-state index in [0.29, 0.717) is 32.4 Å². The molecule has 1 fully saturated rings. The first-order valence-electron chi connectivity index (χ1n) is 17.7. The van der Waals surface area contributed by atoms with Gasteiger partial charge in [-0.25, -0.2) is 4.79 Å². The molecule has 1 aromatic carbocycles. The van der Waals surface area contributed by atoms with Crippen LogP contribution >= 0.6 is 0 Å². The maximum Gasteiger partial charge on any atom is 0.407 e. The summed E-state index contributed by atoms with van der Waals surface area (Å²) in [7, 11) is 0. The van der Waals surface area contributed by atoms with Gasteiger partial charge in [0.2, 0.25) is 29.5 Å². The zero-order valence-electron chi connectivity index (χ0n) is 30.5. The number of aliphatic hydroxyl groups excluding tert-OH is 1. The highest BCUT2D eigenvalue weighted by molar-refractivity contribution is 5.94. The second-order valence-corrected chi connectivity index (χ2v) is 14.2. The molecule has 280 valence electrons. The van der Waals surface area contributed by atoms with Crippen LogP contribution in [0.1, 0.15) is 86.1 Å². The van der Waals surface area contributed by atoms with Gasteiger partial charge in [-0.3, -0.25) is 24.0 Å². The molecular formula is C36H58N6O8. The zero-order chi connectivity index (χ0) is 37.4. The molecule has 0 saturated carbocycles. The van der Waals surface area contributed by atoms with Crippen molar-refractivity contribution in [2.45, 2.75) is 117 Å². The maximum absolute atomic E-state index is 13.7. The molecule has 1 aromatic rings. The molecule has 0 aromatic heterocycles. The van der Waals surface area contributed by atoms with E-state index in [1.54, 1.807) is 20.8 Å². The van der Waals surface area contributed by atoms with Crippen LogP contribution in [0.15, 0.2) is 30.3 Å². The van der Waals surface area contributed by atoms with E-state index in [0.717, 1.165) is 5.56 Å². The third kappa shape index (κ3) is 14.7. The molecule has 50 heavy (non-hydrogen) atoms. The minimum atomic E-state index is -1.31. The minimum Gasteiger partial charge on any atom is -0.450 e. The van der Waals surface area contributed by atoms with Crippen molar-refractivity contribution in [3.63, 3.8) is 0 Å². The molecule has 6 amide bonds. The van der Waals surface area contributed by atoms with Crippen LogP contribution in [0.3, 0.4) is 0 Å². The van der Waals surface area contributed by atoms with Crippen molar-refractivity contribution in [1.29, 1.82) is 0 Å². The molecule has 0 radical (unpaired) electrons. The number of benzene rings is 1. The van der Waals surface area contributed by atoms with E-state index in [4.69, 9.17) is 4.74 Å². The first-order valence-corrected chi connectivity index (χ1v) is 17.7. The molecule has 7 N–H and O–H groups in total. The largest absolute Gasteiger partial charge is 0.450 e. The minimum absolute atomic E-state index is 0.0279.